The first-order valence-electron chi connectivity index (χ1n) is 11.5. The van der Waals surface area contributed by atoms with Crippen molar-refractivity contribution in [2.75, 3.05) is 7.11 Å². The van der Waals surface area contributed by atoms with Gasteiger partial charge in [-0.1, -0.05) is 60.2 Å². The molecule has 0 saturated carbocycles. The molecule has 3 unspecified atom stereocenters. The van der Waals surface area contributed by atoms with Gasteiger partial charge in [-0.2, -0.15) is 0 Å². The summed E-state index contributed by atoms with van der Waals surface area (Å²) in [4.78, 5) is 11.8. The van der Waals surface area contributed by atoms with Crippen LogP contribution in [0.4, 0.5) is 0 Å². The Morgan fingerprint density at radius 3 is 2.56 bits per heavy atom. The number of allylic oxidation sites excluding steroid dienone is 2. The Kier molecular flexibility index (Phi) is 4.98. The van der Waals surface area contributed by atoms with Crippen LogP contribution in [0, 0.1) is 5.92 Å². The molecule has 5 rings (SSSR count). The van der Waals surface area contributed by atoms with Crippen molar-refractivity contribution in [2.45, 2.75) is 51.6 Å². The van der Waals surface area contributed by atoms with E-state index in [0.717, 1.165) is 17.7 Å². The van der Waals surface area contributed by atoms with Crippen molar-refractivity contribution < 1.29 is 9.53 Å². The number of benzene rings is 2. The van der Waals surface area contributed by atoms with Crippen LogP contribution < -0.4 is 10.1 Å². The van der Waals surface area contributed by atoms with Gasteiger partial charge in [-0.3, -0.25) is 4.79 Å². The van der Waals surface area contributed by atoms with Gasteiger partial charge in [-0.15, -0.1) is 0 Å². The number of carbonyl (C=O) groups is 1. The van der Waals surface area contributed by atoms with Crippen LogP contribution in [0.5, 0.6) is 5.75 Å². The van der Waals surface area contributed by atoms with Gasteiger partial charge in [0, 0.05) is 34.5 Å². The van der Waals surface area contributed by atoms with Crippen LogP contribution in [-0.2, 0) is 6.42 Å². The number of rotatable bonds is 3. The summed E-state index contributed by atoms with van der Waals surface area (Å²) in [6.45, 7) is 8.37. The monoisotopic (exact) mass is 425 g/mol. The molecule has 2 aromatic rings. The molecule has 0 radical (unpaired) electrons. The molecule has 2 aliphatic carbocycles. The lowest BCUT2D eigenvalue weighted by Crippen LogP contribution is -2.53. The quantitative estimate of drug-likeness (QED) is 0.493. The van der Waals surface area contributed by atoms with Crippen molar-refractivity contribution in [1.82, 2.24) is 5.32 Å². The number of hydrogen-bond acceptors (Lipinski definition) is 3. The Hall–Kier alpha value is -2.91. The van der Waals surface area contributed by atoms with Gasteiger partial charge in [0.1, 0.15) is 5.75 Å². The van der Waals surface area contributed by atoms with E-state index in [4.69, 9.17) is 4.74 Å². The van der Waals surface area contributed by atoms with Gasteiger partial charge in [0.15, 0.2) is 5.78 Å². The molecule has 3 aliphatic rings. The lowest BCUT2D eigenvalue weighted by Gasteiger charge is -2.46. The first kappa shape index (κ1) is 21.0. The molecule has 3 heteroatoms. The summed E-state index contributed by atoms with van der Waals surface area (Å²) < 4.78 is 5.80. The smallest absolute Gasteiger partial charge is 0.159 e. The number of ether oxygens (including phenoxy) is 1. The zero-order valence-electron chi connectivity index (χ0n) is 19.5. The highest BCUT2D eigenvalue weighted by Crippen LogP contribution is 2.52. The summed E-state index contributed by atoms with van der Waals surface area (Å²) in [6, 6.07) is 14.9. The highest BCUT2D eigenvalue weighted by atomic mass is 16.5. The number of hydrogen-bond donors (Lipinski definition) is 1. The topological polar surface area (TPSA) is 38.3 Å². The zero-order valence-corrected chi connectivity index (χ0v) is 19.5. The second-order valence-electron chi connectivity index (χ2n) is 9.92. The summed E-state index contributed by atoms with van der Waals surface area (Å²) in [6.07, 6.45) is 7.94. The van der Waals surface area contributed by atoms with Crippen molar-refractivity contribution in [2.24, 2.45) is 5.92 Å². The first-order valence-corrected chi connectivity index (χ1v) is 11.5. The van der Waals surface area contributed by atoms with Gasteiger partial charge in [-0.05, 0) is 62.5 Å². The Morgan fingerprint density at radius 2 is 1.88 bits per heavy atom. The molecule has 2 aromatic carbocycles. The predicted octanol–water partition coefficient (Wildman–Crippen LogP) is 5.87. The maximum atomic E-state index is 11.8. The van der Waals surface area contributed by atoms with Crippen molar-refractivity contribution >= 4 is 11.4 Å². The van der Waals surface area contributed by atoms with E-state index in [1.54, 1.807) is 14.0 Å². The molecule has 0 spiro atoms. The van der Waals surface area contributed by atoms with Crippen LogP contribution in [0.25, 0.3) is 5.57 Å². The summed E-state index contributed by atoms with van der Waals surface area (Å²) in [7, 11) is 1.76. The summed E-state index contributed by atoms with van der Waals surface area (Å²) in [5, 5.41) is 3.83. The normalized spacial score (nSPS) is 25.4. The first-order chi connectivity index (χ1) is 15.3. The van der Waals surface area contributed by atoms with Gasteiger partial charge in [-0.25, -0.2) is 0 Å². The average molecular weight is 426 g/mol. The minimum absolute atomic E-state index is 0.0312. The van der Waals surface area contributed by atoms with Crippen molar-refractivity contribution in [1.29, 1.82) is 0 Å². The maximum Gasteiger partial charge on any atom is 0.159 e. The SMILES string of the molecule is COc1cccc2c1C1=C(C(c3ccc(C(C)=O)cc3)C2)C2C(C)=CC(C)(C)NC2C=C1. The molecule has 1 heterocycles. The summed E-state index contributed by atoms with van der Waals surface area (Å²) in [5.74, 6) is 1.61. The minimum atomic E-state index is -0.0312. The van der Waals surface area contributed by atoms with E-state index in [-0.39, 0.29) is 23.3 Å². The zero-order chi connectivity index (χ0) is 22.6. The molecule has 0 aromatic heterocycles. The fraction of sp³-hybridized carbons (Fsp3) is 0.345. The van der Waals surface area contributed by atoms with E-state index >= 15 is 0 Å². The number of methoxy groups -OCH3 is 1. The van der Waals surface area contributed by atoms with E-state index < -0.39 is 0 Å². The molecular formula is C29H31NO2. The van der Waals surface area contributed by atoms with Gasteiger partial charge in [0.25, 0.3) is 0 Å². The van der Waals surface area contributed by atoms with Gasteiger partial charge in [0.05, 0.1) is 7.11 Å². The third kappa shape index (κ3) is 3.36. The molecular weight excluding hydrogens is 394 g/mol. The summed E-state index contributed by atoms with van der Waals surface area (Å²) in [5.41, 5.74) is 8.71. The lowest BCUT2D eigenvalue weighted by molar-refractivity contribution is 0.101. The fourth-order valence-corrected chi connectivity index (χ4v) is 5.99. The van der Waals surface area contributed by atoms with Crippen LogP contribution in [0.15, 0.2) is 71.8 Å². The molecule has 3 atom stereocenters. The van der Waals surface area contributed by atoms with E-state index in [0.29, 0.717) is 5.92 Å². The van der Waals surface area contributed by atoms with Gasteiger partial charge in [0.2, 0.25) is 0 Å². The standard InChI is InChI=1S/C29H31NO2/c1-17-16-29(3,4)30-24-14-13-22-27-21(7-6-8-25(27)32-5)15-23(28(22)26(17)24)20-11-9-19(10-12-20)18(2)31/h6-14,16,23-24,26,30H,15H2,1-5H3. The van der Waals surface area contributed by atoms with E-state index in [2.05, 4.69) is 74.6 Å². The van der Waals surface area contributed by atoms with Crippen molar-refractivity contribution in [3.05, 3.63) is 94.1 Å². The molecule has 164 valence electrons. The Bertz CT molecular complexity index is 1180. The molecule has 32 heavy (non-hydrogen) atoms. The lowest BCUT2D eigenvalue weighted by atomic mass is 9.64. The van der Waals surface area contributed by atoms with Crippen LogP contribution >= 0.6 is 0 Å². The van der Waals surface area contributed by atoms with E-state index in [1.807, 2.05) is 12.1 Å². The van der Waals surface area contributed by atoms with Crippen LogP contribution in [0.2, 0.25) is 0 Å². The maximum absolute atomic E-state index is 11.8. The Labute approximate surface area is 190 Å². The summed E-state index contributed by atoms with van der Waals surface area (Å²) >= 11 is 0. The number of ketones is 1. The molecule has 1 aliphatic heterocycles. The molecule has 0 fully saturated rings. The Morgan fingerprint density at radius 1 is 1.12 bits per heavy atom. The molecule has 1 N–H and O–H groups in total. The average Bonchev–Trinajstić information content (AvgIpc) is 2.76. The second-order valence-corrected chi connectivity index (χ2v) is 9.92. The molecule has 3 nitrogen and oxygen atoms in total. The highest BCUT2D eigenvalue weighted by molar-refractivity contribution is 5.94. The third-order valence-corrected chi connectivity index (χ3v) is 7.21. The molecule has 0 bridgehead atoms. The number of nitrogens with one attached hydrogen (secondary N) is 1. The minimum Gasteiger partial charge on any atom is -0.496 e. The number of carbonyl (C=O) groups excluding carboxylic acids is 1. The van der Waals surface area contributed by atoms with E-state index in [1.165, 1.54) is 33.4 Å². The number of Topliss-reactive ketones (excluding diaryl/α,β-unsaturated/α-hetero) is 1. The third-order valence-electron chi connectivity index (χ3n) is 7.21. The van der Waals surface area contributed by atoms with Crippen LogP contribution in [0.3, 0.4) is 0 Å². The predicted molar refractivity (Wildman–Crippen MR) is 130 cm³/mol. The van der Waals surface area contributed by atoms with Crippen molar-refractivity contribution in [3.8, 4) is 5.75 Å². The largest absolute Gasteiger partial charge is 0.496 e. The van der Waals surface area contributed by atoms with Gasteiger partial charge < -0.3 is 10.1 Å². The van der Waals surface area contributed by atoms with Crippen LogP contribution in [-0.4, -0.2) is 24.5 Å². The molecule has 0 amide bonds. The van der Waals surface area contributed by atoms with Crippen LogP contribution in [0.1, 0.15) is 60.7 Å². The number of fused-ring (bicyclic) bond motifs is 4. The highest BCUT2D eigenvalue weighted by Gasteiger charge is 2.42. The van der Waals surface area contributed by atoms with Gasteiger partial charge >= 0.3 is 0 Å². The molecule has 0 saturated heterocycles. The fourth-order valence-electron chi connectivity index (χ4n) is 5.99. The Balaban J connectivity index is 1.72. The van der Waals surface area contributed by atoms with Crippen molar-refractivity contribution in [3.63, 3.8) is 0 Å². The second kappa shape index (κ2) is 7.60. The van der Waals surface area contributed by atoms with E-state index in [9.17, 15) is 4.79 Å².